The lowest BCUT2D eigenvalue weighted by molar-refractivity contribution is 0.619. The fourth-order valence-corrected chi connectivity index (χ4v) is 1.55. The molecule has 0 fully saturated rings. The lowest BCUT2D eigenvalue weighted by atomic mass is 10.0. The number of hydrogen-bond donors (Lipinski definition) is 1. The molecule has 2 aromatic rings. The van der Waals surface area contributed by atoms with Gasteiger partial charge >= 0.3 is 0 Å². The van der Waals surface area contributed by atoms with E-state index >= 15 is 0 Å². The third kappa shape index (κ3) is 1.68. The Hall–Kier alpha value is -1.90. The second kappa shape index (κ2) is 3.69. The van der Waals surface area contributed by atoms with Crippen LogP contribution in [0.5, 0.6) is 0 Å². The second-order valence-corrected chi connectivity index (χ2v) is 3.38. The van der Waals surface area contributed by atoms with E-state index in [-0.39, 0.29) is 5.82 Å². The zero-order valence-electron chi connectivity index (χ0n) is 8.37. The van der Waals surface area contributed by atoms with Crippen LogP contribution in [-0.2, 0) is 0 Å². The van der Waals surface area contributed by atoms with Crippen LogP contribution in [0, 0.1) is 12.7 Å². The van der Waals surface area contributed by atoms with Gasteiger partial charge in [0.1, 0.15) is 5.82 Å². The number of pyridine rings is 1. The van der Waals surface area contributed by atoms with E-state index in [0.29, 0.717) is 11.3 Å². The summed E-state index contributed by atoms with van der Waals surface area (Å²) < 4.78 is 13.3. The first-order valence-corrected chi connectivity index (χ1v) is 4.65. The first kappa shape index (κ1) is 9.65. The Morgan fingerprint density at radius 1 is 1.20 bits per heavy atom. The normalized spacial score (nSPS) is 10.3. The van der Waals surface area contributed by atoms with E-state index in [1.807, 2.05) is 6.07 Å². The Balaban J connectivity index is 2.65. The van der Waals surface area contributed by atoms with Gasteiger partial charge in [-0.25, -0.2) is 4.39 Å². The van der Waals surface area contributed by atoms with E-state index < -0.39 is 0 Å². The van der Waals surface area contributed by atoms with Gasteiger partial charge in [-0.1, -0.05) is 12.1 Å². The molecule has 1 heterocycles. The van der Waals surface area contributed by atoms with Crippen LogP contribution in [0.25, 0.3) is 11.1 Å². The number of anilines is 1. The first-order valence-electron chi connectivity index (χ1n) is 4.65. The highest BCUT2D eigenvalue weighted by Gasteiger charge is 2.07. The number of benzene rings is 1. The molecule has 0 unspecified atom stereocenters. The van der Waals surface area contributed by atoms with Crippen LogP contribution in [0.2, 0.25) is 0 Å². The topological polar surface area (TPSA) is 38.9 Å². The molecule has 1 aromatic heterocycles. The minimum absolute atomic E-state index is 0.219. The number of aromatic nitrogens is 1. The maximum Gasteiger partial charge on any atom is 0.126 e. The highest BCUT2D eigenvalue weighted by molar-refractivity contribution is 5.77. The highest BCUT2D eigenvalue weighted by Crippen LogP contribution is 2.28. The number of nitrogen functional groups attached to an aromatic ring is 1. The molecule has 0 aliphatic carbocycles. The highest BCUT2D eigenvalue weighted by atomic mass is 19.1. The third-order valence-electron chi connectivity index (χ3n) is 2.41. The summed E-state index contributed by atoms with van der Waals surface area (Å²) in [6.07, 6.45) is 3.22. The van der Waals surface area contributed by atoms with Gasteiger partial charge in [0.15, 0.2) is 0 Å². The van der Waals surface area contributed by atoms with Crippen LogP contribution in [0.4, 0.5) is 10.1 Å². The molecule has 0 spiro atoms. The Bertz CT molecular complexity index is 495. The van der Waals surface area contributed by atoms with Gasteiger partial charge in [0.05, 0.1) is 11.9 Å². The van der Waals surface area contributed by atoms with Crippen LogP contribution < -0.4 is 5.73 Å². The minimum atomic E-state index is -0.219. The van der Waals surface area contributed by atoms with Gasteiger partial charge < -0.3 is 5.73 Å². The molecule has 0 atom stereocenters. The van der Waals surface area contributed by atoms with E-state index in [1.54, 1.807) is 31.5 Å². The predicted octanol–water partition coefficient (Wildman–Crippen LogP) is 2.78. The van der Waals surface area contributed by atoms with E-state index in [1.165, 1.54) is 6.07 Å². The third-order valence-corrected chi connectivity index (χ3v) is 2.41. The van der Waals surface area contributed by atoms with Gasteiger partial charge in [-0.15, -0.1) is 0 Å². The van der Waals surface area contributed by atoms with Crippen LogP contribution in [0.1, 0.15) is 5.56 Å². The Kier molecular flexibility index (Phi) is 2.37. The molecular formula is C12H11FN2. The van der Waals surface area contributed by atoms with Gasteiger partial charge in [0.2, 0.25) is 0 Å². The second-order valence-electron chi connectivity index (χ2n) is 3.38. The van der Waals surface area contributed by atoms with E-state index in [2.05, 4.69) is 4.98 Å². The molecule has 0 aliphatic heterocycles. The molecule has 0 aliphatic rings. The summed E-state index contributed by atoms with van der Waals surface area (Å²) in [5.41, 5.74) is 8.59. The molecule has 76 valence electrons. The van der Waals surface area contributed by atoms with Gasteiger partial charge in [-0.3, -0.25) is 4.98 Å². The van der Waals surface area contributed by atoms with Crippen LogP contribution in [-0.4, -0.2) is 4.98 Å². The average Bonchev–Trinajstić information content (AvgIpc) is 2.23. The molecule has 1 aromatic carbocycles. The van der Waals surface area contributed by atoms with Gasteiger partial charge in [-0.05, 0) is 30.2 Å². The summed E-state index contributed by atoms with van der Waals surface area (Å²) in [4.78, 5) is 3.90. The zero-order valence-corrected chi connectivity index (χ0v) is 8.37. The predicted molar refractivity (Wildman–Crippen MR) is 58.8 cm³/mol. The Morgan fingerprint density at radius 3 is 2.73 bits per heavy atom. The van der Waals surface area contributed by atoms with E-state index in [0.717, 1.165) is 11.1 Å². The van der Waals surface area contributed by atoms with Gasteiger partial charge in [-0.2, -0.15) is 0 Å². The zero-order chi connectivity index (χ0) is 10.8. The van der Waals surface area contributed by atoms with Crippen LogP contribution >= 0.6 is 0 Å². The molecule has 2 N–H and O–H groups in total. The molecule has 2 rings (SSSR count). The lowest BCUT2D eigenvalue weighted by Crippen LogP contribution is -1.94. The quantitative estimate of drug-likeness (QED) is 0.772. The summed E-state index contributed by atoms with van der Waals surface area (Å²) in [5.74, 6) is -0.219. The van der Waals surface area contributed by atoms with Crippen molar-refractivity contribution in [2.75, 3.05) is 5.73 Å². The number of halogens is 1. The minimum Gasteiger partial charge on any atom is -0.397 e. The SMILES string of the molecule is Cc1c(F)cccc1-c1ccncc1N. The molecule has 0 radical (unpaired) electrons. The monoisotopic (exact) mass is 202 g/mol. The summed E-state index contributed by atoms with van der Waals surface area (Å²) >= 11 is 0. The van der Waals surface area contributed by atoms with Gasteiger partial charge in [0.25, 0.3) is 0 Å². The number of nitrogens with two attached hydrogens (primary N) is 1. The molecule has 15 heavy (non-hydrogen) atoms. The number of rotatable bonds is 1. The van der Waals surface area contributed by atoms with Crippen molar-refractivity contribution in [3.05, 3.63) is 48.0 Å². The van der Waals surface area contributed by atoms with Crippen molar-refractivity contribution in [3.63, 3.8) is 0 Å². The molecular weight excluding hydrogens is 191 g/mol. The smallest absolute Gasteiger partial charge is 0.126 e. The van der Waals surface area contributed by atoms with Crippen molar-refractivity contribution in [1.29, 1.82) is 0 Å². The van der Waals surface area contributed by atoms with Gasteiger partial charge in [0, 0.05) is 11.8 Å². The molecule has 2 nitrogen and oxygen atoms in total. The molecule has 0 bridgehead atoms. The maximum absolute atomic E-state index is 13.3. The van der Waals surface area contributed by atoms with E-state index in [4.69, 9.17) is 5.73 Å². The van der Waals surface area contributed by atoms with Crippen LogP contribution in [0.15, 0.2) is 36.7 Å². The summed E-state index contributed by atoms with van der Waals surface area (Å²) in [5, 5.41) is 0. The number of hydrogen-bond acceptors (Lipinski definition) is 2. The maximum atomic E-state index is 13.3. The molecule has 0 saturated heterocycles. The molecule has 3 heteroatoms. The molecule has 0 amide bonds. The van der Waals surface area contributed by atoms with Crippen molar-refractivity contribution in [3.8, 4) is 11.1 Å². The Labute approximate surface area is 87.6 Å². The fraction of sp³-hybridized carbons (Fsp3) is 0.0833. The number of nitrogens with zero attached hydrogens (tertiary/aromatic N) is 1. The van der Waals surface area contributed by atoms with Crippen molar-refractivity contribution in [1.82, 2.24) is 4.98 Å². The van der Waals surface area contributed by atoms with Crippen molar-refractivity contribution < 1.29 is 4.39 Å². The molecule has 0 saturated carbocycles. The fourth-order valence-electron chi connectivity index (χ4n) is 1.55. The first-order chi connectivity index (χ1) is 7.20. The largest absolute Gasteiger partial charge is 0.397 e. The van der Waals surface area contributed by atoms with Crippen molar-refractivity contribution >= 4 is 5.69 Å². The standard InChI is InChI=1S/C12H11FN2/c1-8-9(3-2-4-11(8)13)10-5-6-15-7-12(10)14/h2-7H,14H2,1H3. The summed E-state index contributed by atoms with van der Waals surface area (Å²) in [6, 6.07) is 6.76. The van der Waals surface area contributed by atoms with Crippen molar-refractivity contribution in [2.24, 2.45) is 0 Å². The average molecular weight is 202 g/mol. The Morgan fingerprint density at radius 2 is 2.00 bits per heavy atom. The van der Waals surface area contributed by atoms with Crippen LogP contribution in [0.3, 0.4) is 0 Å². The summed E-state index contributed by atoms with van der Waals surface area (Å²) in [7, 11) is 0. The summed E-state index contributed by atoms with van der Waals surface area (Å²) in [6.45, 7) is 1.74. The van der Waals surface area contributed by atoms with E-state index in [9.17, 15) is 4.39 Å². The van der Waals surface area contributed by atoms with Crippen molar-refractivity contribution in [2.45, 2.75) is 6.92 Å². The lowest BCUT2D eigenvalue weighted by Gasteiger charge is -2.08.